The lowest BCUT2D eigenvalue weighted by atomic mass is 10.1. The van der Waals surface area contributed by atoms with Crippen molar-refractivity contribution < 1.29 is 23.5 Å². The van der Waals surface area contributed by atoms with Gasteiger partial charge in [0.05, 0.1) is 13.7 Å². The van der Waals surface area contributed by atoms with E-state index in [1.807, 2.05) is 30.3 Å². The van der Waals surface area contributed by atoms with E-state index in [0.29, 0.717) is 25.2 Å². The van der Waals surface area contributed by atoms with E-state index in [-0.39, 0.29) is 18.7 Å². The fourth-order valence-electron chi connectivity index (χ4n) is 2.58. The van der Waals surface area contributed by atoms with Crippen molar-refractivity contribution in [1.29, 1.82) is 0 Å². The van der Waals surface area contributed by atoms with Crippen LogP contribution in [-0.2, 0) is 32.1 Å². The molecule has 0 aliphatic carbocycles. The number of halogens is 1. The van der Waals surface area contributed by atoms with Crippen LogP contribution in [0.25, 0.3) is 0 Å². The lowest BCUT2D eigenvalue weighted by Gasteiger charge is -2.17. The number of methoxy groups -OCH3 is 1. The summed E-state index contributed by atoms with van der Waals surface area (Å²) in [5, 5.41) is 2.62. The third-order valence-corrected chi connectivity index (χ3v) is 4.01. The number of rotatable bonds is 10. The SMILES string of the molecule is COC(=O)[C@H](Cc1ccccc1F)NC(=O)CCCOCc1ccccc1. The molecule has 27 heavy (non-hydrogen) atoms. The van der Waals surface area contributed by atoms with E-state index in [9.17, 15) is 14.0 Å². The number of hydrogen-bond acceptors (Lipinski definition) is 4. The molecule has 1 amide bonds. The number of hydrogen-bond donors (Lipinski definition) is 1. The van der Waals surface area contributed by atoms with Crippen LogP contribution in [0.15, 0.2) is 54.6 Å². The Labute approximate surface area is 158 Å². The first-order chi connectivity index (χ1) is 13.1. The van der Waals surface area contributed by atoms with Crippen molar-refractivity contribution in [2.75, 3.05) is 13.7 Å². The van der Waals surface area contributed by atoms with Crippen LogP contribution in [0.2, 0.25) is 0 Å². The molecular formula is C21H24FNO4. The summed E-state index contributed by atoms with van der Waals surface area (Å²) in [6.45, 7) is 0.916. The third kappa shape index (κ3) is 7.19. The fraction of sp³-hybridized carbons (Fsp3) is 0.333. The van der Waals surface area contributed by atoms with Gasteiger partial charge in [-0.05, 0) is 23.6 Å². The van der Waals surface area contributed by atoms with Gasteiger partial charge in [0.15, 0.2) is 0 Å². The van der Waals surface area contributed by atoms with Crippen LogP contribution < -0.4 is 5.32 Å². The lowest BCUT2D eigenvalue weighted by Crippen LogP contribution is -2.43. The molecular weight excluding hydrogens is 349 g/mol. The Kier molecular flexibility index (Phi) is 8.45. The van der Waals surface area contributed by atoms with Crippen molar-refractivity contribution in [3.63, 3.8) is 0 Å². The Morgan fingerprint density at radius 3 is 2.48 bits per heavy atom. The molecule has 2 aromatic rings. The number of ether oxygens (including phenoxy) is 2. The summed E-state index contributed by atoms with van der Waals surface area (Å²) in [6.07, 6.45) is 0.765. The molecule has 2 rings (SSSR count). The van der Waals surface area contributed by atoms with Gasteiger partial charge in [0.25, 0.3) is 0 Å². The number of carbonyl (C=O) groups is 2. The van der Waals surface area contributed by atoms with Gasteiger partial charge >= 0.3 is 5.97 Å². The summed E-state index contributed by atoms with van der Waals surface area (Å²) in [4.78, 5) is 24.0. The molecule has 5 nitrogen and oxygen atoms in total. The average Bonchev–Trinajstić information content (AvgIpc) is 2.69. The van der Waals surface area contributed by atoms with E-state index in [4.69, 9.17) is 9.47 Å². The van der Waals surface area contributed by atoms with Gasteiger partial charge in [-0.25, -0.2) is 9.18 Å². The van der Waals surface area contributed by atoms with Gasteiger partial charge in [0, 0.05) is 19.4 Å². The molecule has 0 radical (unpaired) electrons. The maximum absolute atomic E-state index is 13.8. The molecule has 0 aliphatic rings. The zero-order valence-corrected chi connectivity index (χ0v) is 15.3. The highest BCUT2D eigenvalue weighted by atomic mass is 19.1. The maximum atomic E-state index is 13.8. The largest absolute Gasteiger partial charge is 0.467 e. The normalized spacial score (nSPS) is 11.6. The summed E-state index contributed by atoms with van der Waals surface area (Å²) in [7, 11) is 1.24. The maximum Gasteiger partial charge on any atom is 0.328 e. The Hall–Kier alpha value is -2.73. The quantitative estimate of drug-likeness (QED) is 0.514. The minimum atomic E-state index is -0.926. The Balaban J connectivity index is 1.76. The van der Waals surface area contributed by atoms with E-state index in [1.165, 1.54) is 13.2 Å². The van der Waals surface area contributed by atoms with Crippen LogP contribution in [-0.4, -0.2) is 31.6 Å². The summed E-state index contributed by atoms with van der Waals surface area (Å²) in [5.41, 5.74) is 1.41. The summed E-state index contributed by atoms with van der Waals surface area (Å²) < 4.78 is 24.1. The first-order valence-electron chi connectivity index (χ1n) is 8.82. The Bertz CT molecular complexity index is 736. The molecule has 6 heteroatoms. The zero-order valence-electron chi connectivity index (χ0n) is 15.3. The fourth-order valence-corrected chi connectivity index (χ4v) is 2.58. The summed E-state index contributed by atoms with van der Waals surface area (Å²) in [5.74, 6) is -1.33. The molecule has 0 saturated carbocycles. The zero-order chi connectivity index (χ0) is 19.5. The number of benzene rings is 2. The molecule has 1 N–H and O–H groups in total. The van der Waals surface area contributed by atoms with Gasteiger partial charge in [-0.1, -0.05) is 48.5 Å². The van der Waals surface area contributed by atoms with Crippen molar-refractivity contribution in [2.24, 2.45) is 0 Å². The average molecular weight is 373 g/mol. The molecule has 0 spiro atoms. The summed E-state index contributed by atoms with van der Waals surface area (Å²) >= 11 is 0. The highest BCUT2D eigenvalue weighted by molar-refractivity contribution is 5.84. The van der Waals surface area contributed by atoms with Gasteiger partial charge in [0.2, 0.25) is 5.91 Å². The van der Waals surface area contributed by atoms with E-state index in [1.54, 1.807) is 18.2 Å². The van der Waals surface area contributed by atoms with E-state index in [0.717, 1.165) is 5.56 Å². The van der Waals surface area contributed by atoms with Crippen LogP contribution in [0.5, 0.6) is 0 Å². The van der Waals surface area contributed by atoms with Crippen LogP contribution in [0.3, 0.4) is 0 Å². The molecule has 0 aromatic heterocycles. The minimum absolute atomic E-state index is 0.0373. The molecule has 0 unspecified atom stereocenters. The molecule has 144 valence electrons. The topological polar surface area (TPSA) is 64.6 Å². The van der Waals surface area contributed by atoms with Crippen molar-refractivity contribution in [3.8, 4) is 0 Å². The van der Waals surface area contributed by atoms with E-state index >= 15 is 0 Å². The standard InChI is InChI=1S/C21H24FNO4/c1-26-21(25)19(14-17-10-5-6-11-18(17)22)23-20(24)12-7-13-27-15-16-8-3-2-4-9-16/h2-6,8-11,19H,7,12-15H2,1H3,(H,23,24)/t19-/m0/s1. The molecule has 0 saturated heterocycles. The first-order valence-corrected chi connectivity index (χ1v) is 8.82. The Morgan fingerprint density at radius 1 is 1.07 bits per heavy atom. The van der Waals surface area contributed by atoms with Crippen LogP contribution in [0, 0.1) is 5.82 Å². The molecule has 0 fully saturated rings. The molecule has 1 atom stereocenters. The highest BCUT2D eigenvalue weighted by Crippen LogP contribution is 2.10. The van der Waals surface area contributed by atoms with Gasteiger partial charge < -0.3 is 14.8 Å². The predicted octanol–water partition coefficient (Wildman–Crippen LogP) is 3.02. The minimum Gasteiger partial charge on any atom is -0.467 e. The van der Waals surface area contributed by atoms with Crippen molar-refractivity contribution in [2.45, 2.75) is 31.9 Å². The molecule has 0 bridgehead atoms. The lowest BCUT2D eigenvalue weighted by molar-refractivity contribution is -0.145. The van der Waals surface area contributed by atoms with Crippen molar-refractivity contribution in [3.05, 3.63) is 71.5 Å². The number of amides is 1. The van der Waals surface area contributed by atoms with Crippen LogP contribution in [0.1, 0.15) is 24.0 Å². The van der Waals surface area contributed by atoms with E-state index in [2.05, 4.69) is 5.32 Å². The highest BCUT2D eigenvalue weighted by Gasteiger charge is 2.23. The second kappa shape index (κ2) is 11.1. The third-order valence-electron chi connectivity index (χ3n) is 4.01. The first kappa shape index (κ1) is 20.6. The monoisotopic (exact) mass is 373 g/mol. The molecule has 0 heterocycles. The van der Waals surface area contributed by atoms with Gasteiger partial charge in [-0.3, -0.25) is 4.79 Å². The molecule has 2 aromatic carbocycles. The second-order valence-electron chi connectivity index (χ2n) is 6.08. The van der Waals surface area contributed by atoms with Gasteiger partial charge in [0.1, 0.15) is 11.9 Å². The van der Waals surface area contributed by atoms with E-state index < -0.39 is 17.8 Å². The number of carbonyl (C=O) groups excluding carboxylic acids is 2. The number of esters is 1. The van der Waals surface area contributed by atoms with Gasteiger partial charge in [-0.15, -0.1) is 0 Å². The van der Waals surface area contributed by atoms with Crippen molar-refractivity contribution in [1.82, 2.24) is 5.32 Å². The number of nitrogens with one attached hydrogen (secondary N) is 1. The predicted molar refractivity (Wildman–Crippen MR) is 99.4 cm³/mol. The second-order valence-corrected chi connectivity index (χ2v) is 6.08. The van der Waals surface area contributed by atoms with Crippen LogP contribution in [0.4, 0.5) is 4.39 Å². The Morgan fingerprint density at radius 2 is 1.78 bits per heavy atom. The van der Waals surface area contributed by atoms with Crippen LogP contribution >= 0.6 is 0 Å². The molecule has 0 aliphatic heterocycles. The van der Waals surface area contributed by atoms with Crippen molar-refractivity contribution >= 4 is 11.9 Å². The van der Waals surface area contributed by atoms with Gasteiger partial charge in [-0.2, -0.15) is 0 Å². The summed E-state index contributed by atoms with van der Waals surface area (Å²) in [6, 6.07) is 15.0. The smallest absolute Gasteiger partial charge is 0.328 e.